The summed E-state index contributed by atoms with van der Waals surface area (Å²) in [5.74, 6) is 0. The average Bonchev–Trinajstić information content (AvgIpc) is 2.25. The summed E-state index contributed by atoms with van der Waals surface area (Å²) in [7, 11) is 0. The van der Waals surface area contributed by atoms with E-state index in [1.807, 2.05) is 6.08 Å². The molecule has 0 aromatic heterocycles. The van der Waals surface area contributed by atoms with E-state index in [1.54, 1.807) is 0 Å². The van der Waals surface area contributed by atoms with Crippen molar-refractivity contribution in [3.8, 4) is 0 Å². The van der Waals surface area contributed by atoms with Crippen molar-refractivity contribution in [2.24, 2.45) is 0 Å². The third-order valence-corrected chi connectivity index (χ3v) is 3.33. The summed E-state index contributed by atoms with van der Waals surface area (Å²) < 4.78 is 1.20. The predicted molar refractivity (Wildman–Crippen MR) is 74.7 cm³/mol. The monoisotopic (exact) mass is 281 g/mol. The third-order valence-electron chi connectivity index (χ3n) is 2.64. The Labute approximate surface area is 107 Å². The molecule has 1 unspecified atom stereocenters. The van der Waals surface area contributed by atoms with Crippen LogP contribution in [0.1, 0.15) is 36.9 Å². The van der Waals surface area contributed by atoms with Crippen LogP contribution in [-0.2, 0) is 0 Å². The van der Waals surface area contributed by atoms with Crippen molar-refractivity contribution in [2.45, 2.75) is 32.7 Å². The number of benzene rings is 1. The van der Waals surface area contributed by atoms with Gasteiger partial charge in [-0.05, 0) is 43.5 Å². The molecule has 88 valence electrons. The van der Waals surface area contributed by atoms with Crippen LogP contribution in [0.3, 0.4) is 0 Å². The van der Waals surface area contributed by atoms with Crippen molar-refractivity contribution < 1.29 is 0 Å². The molecule has 0 saturated carbocycles. The standard InChI is InChI=1S/C14H20BrN/c1-4-6-7-14(16-5-2)12-9-8-11(3)10-13(12)15/h4,8-10,14,16H,1,5-7H2,2-3H3. The third kappa shape index (κ3) is 3.76. The van der Waals surface area contributed by atoms with Crippen LogP contribution in [0.5, 0.6) is 0 Å². The Morgan fingerprint density at radius 2 is 2.25 bits per heavy atom. The second-order valence-electron chi connectivity index (χ2n) is 4.00. The zero-order valence-electron chi connectivity index (χ0n) is 10.1. The summed E-state index contributed by atoms with van der Waals surface area (Å²) in [6, 6.07) is 6.96. The predicted octanol–water partition coefficient (Wildman–Crippen LogP) is 4.37. The van der Waals surface area contributed by atoms with Gasteiger partial charge in [-0.25, -0.2) is 0 Å². The number of hydrogen-bond donors (Lipinski definition) is 1. The summed E-state index contributed by atoms with van der Waals surface area (Å²) in [5, 5.41) is 3.52. The molecular formula is C14H20BrN. The van der Waals surface area contributed by atoms with Crippen LogP contribution in [0.25, 0.3) is 0 Å². The SMILES string of the molecule is C=CCCC(NCC)c1ccc(C)cc1Br. The van der Waals surface area contributed by atoms with Gasteiger partial charge in [-0.3, -0.25) is 0 Å². The summed E-state index contributed by atoms with van der Waals surface area (Å²) in [6.07, 6.45) is 4.11. The highest BCUT2D eigenvalue weighted by atomic mass is 79.9. The van der Waals surface area contributed by atoms with E-state index in [0.717, 1.165) is 19.4 Å². The zero-order valence-corrected chi connectivity index (χ0v) is 11.7. The van der Waals surface area contributed by atoms with E-state index in [2.05, 4.69) is 59.9 Å². The van der Waals surface area contributed by atoms with Crippen LogP contribution >= 0.6 is 15.9 Å². The number of hydrogen-bond acceptors (Lipinski definition) is 1. The summed E-state index contributed by atoms with van der Waals surface area (Å²) >= 11 is 3.64. The van der Waals surface area contributed by atoms with E-state index < -0.39 is 0 Å². The number of halogens is 1. The van der Waals surface area contributed by atoms with E-state index in [-0.39, 0.29) is 0 Å². The summed E-state index contributed by atoms with van der Waals surface area (Å²) in [4.78, 5) is 0. The van der Waals surface area contributed by atoms with Crippen molar-refractivity contribution in [1.82, 2.24) is 5.32 Å². The van der Waals surface area contributed by atoms with Crippen LogP contribution in [0.15, 0.2) is 35.3 Å². The highest BCUT2D eigenvalue weighted by Gasteiger charge is 2.12. The highest BCUT2D eigenvalue weighted by molar-refractivity contribution is 9.10. The molecule has 0 amide bonds. The van der Waals surface area contributed by atoms with Gasteiger partial charge < -0.3 is 5.32 Å². The lowest BCUT2D eigenvalue weighted by molar-refractivity contribution is 0.518. The van der Waals surface area contributed by atoms with Crippen LogP contribution < -0.4 is 5.32 Å². The van der Waals surface area contributed by atoms with E-state index >= 15 is 0 Å². The van der Waals surface area contributed by atoms with E-state index in [9.17, 15) is 0 Å². The van der Waals surface area contributed by atoms with Crippen LogP contribution in [0.2, 0.25) is 0 Å². The fraction of sp³-hybridized carbons (Fsp3) is 0.429. The first-order valence-electron chi connectivity index (χ1n) is 5.79. The maximum Gasteiger partial charge on any atom is 0.0334 e. The van der Waals surface area contributed by atoms with Crippen LogP contribution in [0.4, 0.5) is 0 Å². The molecule has 0 aliphatic rings. The number of nitrogens with one attached hydrogen (secondary N) is 1. The molecule has 0 fully saturated rings. The molecule has 0 bridgehead atoms. The molecule has 0 heterocycles. The molecule has 1 aromatic rings. The Morgan fingerprint density at radius 1 is 1.50 bits per heavy atom. The van der Waals surface area contributed by atoms with E-state index in [4.69, 9.17) is 0 Å². The van der Waals surface area contributed by atoms with Crippen LogP contribution in [-0.4, -0.2) is 6.54 Å². The number of allylic oxidation sites excluding steroid dienone is 1. The quantitative estimate of drug-likeness (QED) is 0.764. The maximum atomic E-state index is 3.78. The average molecular weight is 282 g/mol. The minimum absolute atomic E-state index is 0.415. The van der Waals surface area contributed by atoms with Gasteiger partial charge in [-0.1, -0.05) is 41.1 Å². The second kappa shape index (κ2) is 6.87. The Hall–Kier alpha value is -0.600. The van der Waals surface area contributed by atoms with Gasteiger partial charge >= 0.3 is 0 Å². The lowest BCUT2D eigenvalue weighted by atomic mass is 10.0. The van der Waals surface area contributed by atoms with Crippen LogP contribution in [0, 0.1) is 6.92 Å². The van der Waals surface area contributed by atoms with Gasteiger partial charge in [0.05, 0.1) is 0 Å². The van der Waals surface area contributed by atoms with Crippen molar-refractivity contribution in [2.75, 3.05) is 6.54 Å². The molecular weight excluding hydrogens is 262 g/mol. The molecule has 0 aliphatic heterocycles. The molecule has 1 atom stereocenters. The van der Waals surface area contributed by atoms with Crippen molar-refractivity contribution in [3.63, 3.8) is 0 Å². The van der Waals surface area contributed by atoms with E-state index in [0.29, 0.717) is 6.04 Å². The van der Waals surface area contributed by atoms with Crippen molar-refractivity contribution >= 4 is 15.9 Å². The topological polar surface area (TPSA) is 12.0 Å². The summed E-state index contributed by atoms with van der Waals surface area (Å²) in [5.41, 5.74) is 2.63. The maximum absolute atomic E-state index is 3.78. The molecule has 2 heteroatoms. The highest BCUT2D eigenvalue weighted by Crippen LogP contribution is 2.27. The van der Waals surface area contributed by atoms with Gasteiger partial charge in [0.15, 0.2) is 0 Å². The van der Waals surface area contributed by atoms with Crippen molar-refractivity contribution in [1.29, 1.82) is 0 Å². The minimum Gasteiger partial charge on any atom is -0.310 e. The van der Waals surface area contributed by atoms with Crippen molar-refractivity contribution in [3.05, 3.63) is 46.5 Å². The molecule has 1 nitrogen and oxygen atoms in total. The first kappa shape index (κ1) is 13.5. The summed E-state index contributed by atoms with van der Waals surface area (Å²) in [6.45, 7) is 9.03. The molecule has 0 spiro atoms. The Bertz CT molecular complexity index is 347. The molecule has 0 radical (unpaired) electrons. The normalized spacial score (nSPS) is 12.4. The Morgan fingerprint density at radius 3 is 2.81 bits per heavy atom. The minimum atomic E-state index is 0.415. The van der Waals surface area contributed by atoms with Gasteiger partial charge in [-0.15, -0.1) is 6.58 Å². The fourth-order valence-electron chi connectivity index (χ4n) is 1.81. The van der Waals surface area contributed by atoms with Gasteiger partial charge in [0, 0.05) is 10.5 Å². The first-order chi connectivity index (χ1) is 7.69. The lowest BCUT2D eigenvalue weighted by Gasteiger charge is -2.19. The molecule has 1 aromatic carbocycles. The second-order valence-corrected chi connectivity index (χ2v) is 4.86. The van der Waals surface area contributed by atoms with Gasteiger partial charge in [-0.2, -0.15) is 0 Å². The van der Waals surface area contributed by atoms with Gasteiger partial charge in [0.2, 0.25) is 0 Å². The molecule has 0 aliphatic carbocycles. The van der Waals surface area contributed by atoms with E-state index in [1.165, 1.54) is 15.6 Å². The molecule has 0 saturated heterocycles. The van der Waals surface area contributed by atoms with Gasteiger partial charge in [0.1, 0.15) is 0 Å². The first-order valence-corrected chi connectivity index (χ1v) is 6.58. The zero-order chi connectivity index (χ0) is 12.0. The smallest absolute Gasteiger partial charge is 0.0334 e. The number of rotatable bonds is 6. The number of aryl methyl sites for hydroxylation is 1. The van der Waals surface area contributed by atoms with Gasteiger partial charge in [0.25, 0.3) is 0 Å². The lowest BCUT2D eigenvalue weighted by Crippen LogP contribution is -2.21. The molecule has 1 N–H and O–H groups in total. The Balaban J connectivity index is 2.86. The Kier molecular flexibility index (Phi) is 5.78. The largest absolute Gasteiger partial charge is 0.310 e. The molecule has 16 heavy (non-hydrogen) atoms. The fourth-order valence-corrected chi connectivity index (χ4v) is 2.58. The molecule has 1 rings (SSSR count).